The Labute approximate surface area is 50.3 Å². The molecule has 0 nitrogen and oxygen atoms in total. The van der Waals surface area contributed by atoms with Gasteiger partial charge in [0.05, 0.1) is 0 Å². The van der Waals surface area contributed by atoms with E-state index in [9.17, 15) is 0 Å². The Balaban J connectivity index is 2.34. The molecule has 0 saturated heterocycles. The van der Waals surface area contributed by atoms with Crippen molar-refractivity contribution in [3.63, 3.8) is 0 Å². The molecule has 0 atom stereocenters. The minimum atomic E-state index is 1.13. The van der Waals surface area contributed by atoms with Crippen LogP contribution in [0.3, 0.4) is 0 Å². The average molecular weight is 165 g/mol. The van der Waals surface area contributed by atoms with E-state index in [0.29, 0.717) is 0 Å². The van der Waals surface area contributed by atoms with Crippen LogP contribution in [0.5, 0.6) is 0 Å². The maximum atomic E-state index is 3.35. The van der Waals surface area contributed by atoms with Crippen LogP contribution in [0.25, 0.3) is 0 Å². The van der Waals surface area contributed by atoms with Crippen LogP contribution < -0.4 is 0 Å². The van der Waals surface area contributed by atoms with Crippen molar-refractivity contribution in [2.24, 2.45) is 0 Å². The molecule has 6 heavy (non-hydrogen) atoms. The van der Waals surface area contributed by atoms with Crippen molar-refractivity contribution in [3.8, 4) is 0 Å². The molecule has 0 fully saturated rings. The lowest BCUT2D eigenvalue weighted by Crippen LogP contribution is -1.79. The summed E-state index contributed by atoms with van der Waals surface area (Å²) in [6, 6.07) is 1.39. The van der Waals surface area contributed by atoms with Crippen LogP contribution >= 0.6 is 15.9 Å². The molecule has 0 aliphatic heterocycles. The van der Waals surface area contributed by atoms with Crippen molar-refractivity contribution in [1.29, 1.82) is 0 Å². The fourth-order valence-electron chi connectivity index (χ4n) is 0.244. The summed E-state index contributed by atoms with van der Waals surface area (Å²) in [4.78, 5) is 0. The SMILES string of the molecule is C[Si]CCCBr. The van der Waals surface area contributed by atoms with E-state index in [1.807, 2.05) is 0 Å². The van der Waals surface area contributed by atoms with Crippen molar-refractivity contribution < 1.29 is 0 Å². The summed E-state index contributed by atoms with van der Waals surface area (Å²) in [5.74, 6) is 0. The van der Waals surface area contributed by atoms with Gasteiger partial charge in [-0.15, -0.1) is 0 Å². The monoisotopic (exact) mass is 164 g/mol. The molecule has 0 spiro atoms. The number of hydrogen-bond acceptors (Lipinski definition) is 0. The second-order valence-corrected chi connectivity index (χ2v) is 3.15. The van der Waals surface area contributed by atoms with E-state index < -0.39 is 0 Å². The highest BCUT2D eigenvalue weighted by molar-refractivity contribution is 9.09. The van der Waals surface area contributed by atoms with Gasteiger partial charge in [0.25, 0.3) is 0 Å². The Morgan fingerprint density at radius 3 is 2.50 bits per heavy atom. The van der Waals surface area contributed by atoms with Crippen LogP contribution in [-0.4, -0.2) is 14.8 Å². The van der Waals surface area contributed by atoms with Crippen molar-refractivity contribution in [2.45, 2.75) is 19.0 Å². The molecule has 0 amide bonds. The highest BCUT2D eigenvalue weighted by atomic mass is 79.9. The van der Waals surface area contributed by atoms with Gasteiger partial charge in [0, 0.05) is 14.8 Å². The molecule has 0 aromatic rings. The first kappa shape index (κ1) is 6.70. The quantitative estimate of drug-likeness (QED) is 0.340. The Bertz CT molecular complexity index is 19.5. The summed E-state index contributed by atoms with van der Waals surface area (Å²) in [7, 11) is 1.13. The van der Waals surface area contributed by atoms with Crippen molar-refractivity contribution >= 4 is 25.4 Å². The highest BCUT2D eigenvalue weighted by Gasteiger charge is 1.77. The van der Waals surface area contributed by atoms with Gasteiger partial charge in [-0.3, -0.25) is 0 Å². The lowest BCUT2D eigenvalue weighted by Gasteiger charge is -1.83. The number of halogens is 1. The molecular weight excluding hydrogens is 156 g/mol. The molecule has 0 unspecified atom stereocenters. The standard InChI is InChI=1S/C4H9BrSi/c1-6-4-2-3-5/h2-4H2,1H3. The second-order valence-electron chi connectivity index (χ2n) is 1.15. The predicted molar refractivity (Wildman–Crippen MR) is 34.8 cm³/mol. The van der Waals surface area contributed by atoms with Crippen LogP contribution in [0.15, 0.2) is 0 Å². The van der Waals surface area contributed by atoms with Crippen LogP contribution in [0.4, 0.5) is 0 Å². The lowest BCUT2D eigenvalue weighted by atomic mass is 10.6. The summed E-state index contributed by atoms with van der Waals surface area (Å²) in [5.41, 5.74) is 0. The summed E-state index contributed by atoms with van der Waals surface area (Å²) in [5, 5.41) is 1.17. The summed E-state index contributed by atoms with van der Waals surface area (Å²) < 4.78 is 0. The van der Waals surface area contributed by atoms with Gasteiger partial charge in [-0.25, -0.2) is 0 Å². The van der Waals surface area contributed by atoms with Crippen LogP contribution in [-0.2, 0) is 0 Å². The van der Waals surface area contributed by atoms with Gasteiger partial charge in [0.1, 0.15) is 0 Å². The topological polar surface area (TPSA) is 0 Å². The molecule has 0 saturated carbocycles. The Morgan fingerprint density at radius 1 is 1.67 bits per heavy atom. The smallest absolute Gasteiger partial charge is 0.0343 e. The van der Waals surface area contributed by atoms with Crippen molar-refractivity contribution in [1.82, 2.24) is 0 Å². The molecule has 2 heteroatoms. The first-order valence-electron chi connectivity index (χ1n) is 2.12. The Hall–Kier alpha value is 0.697. The van der Waals surface area contributed by atoms with Gasteiger partial charge in [-0.1, -0.05) is 28.5 Å². The van der Waals surface area contributed by atoms with Gasteiger partial charge in [-0.05, 0) is 6.42 Å². The van der Waals surface area contributed by atoms with E-state index in [4.69, 9.17) is 0 Å². The van der Waals surface area contributed by atoms with Gasteiger partial charge < -0.3 is 0 Å². The van der Waals surface area contributed by atoms with Crippen molar-refractivity contribution in [2.75, 3.05) is 5.33 Å². The van der Waals surface area contributed by atoms with Crippen molar-refractivity contribution in [3.05, 3.63) is 0 Å². The summed E-state index contributed by atoms with van der Waals surface area (Å²) >= 11 is 3.35. The normalized spacial score (nSPS) is 9.00. The van der Waals surface area contributed by atoms with Crippen LogP contribution in [0, 0.1) is 0 Å². The van der Waals surface area contributed by atoms with Crippen LogP contribution in [0.2, 0.25) is 12.6 Å². The zero-order valence-electron chi connectivity index (χ0n) is 4.00. The Morgan fingerprint density at radius 2 is 2.33 bits per heavy atom. The fourth-order valence-corrected chi connectivity index (χ4v) is 1.57. The molecule has 36 valence electrons. The predicted octanol–water partition coefficient (Wildman–Crippen LogP) is 1.94. The molecule has 0 N–H and O–H groups in total. The molecule has 2 radical (unpaired) electrons. The molecule has 0 aromatic carbocycles. The minimum Gasteiger partial charge on any atom is -0.0928 e. The third-order valence-corrected chi connectivity index (χ3v) is 1.97. The van der Waals surface area contributed by atoms with E-state index in [-0.39, 0.29) is 0 Å². The third-order valence-electron chi connectivity index (χ3n) is 0.560. The minimum absolute atomic E-state index is 1.13. The van der Waals surface area contributed by atoms with E-state index in [0.717, 1.165) is 9.52 Å². The van der Waals surface area contributed by atoms with E-state index >= 15 is 0 Å². The summed E-state index contributed by atoms with van der Waals surface area (Å²) in [6.45, 7) is 2.24. The largest absolute Gasteiger partial charge is 0.0928 e. The van der Waals surface area contributed by atoms with Crippen LogP contribution in [0.1, 0.15) is 6.42 Å². The second kappa shape index (κ2) is 5.70. The van der Waals surface area contributed by atoms with E-state index in [1.165, 1.54) is 17.8 Å². The Kier molecular flexibility index (Phi) is 6.36. The maximum Gasteiger partial charge on any atom is 0.0343 e. The first-order chi connectivity index (χ1) is 2.91. The van der Waals surface area contributed by atoms with E-state index in [2.05, 4.69) is 22.5 Å². The highest BCUT2D eigenvalue weighted by Crippen LogP contribution is 1.91. The lowest BCUT2D eigenvalue weighted by molar-refractivity contribution is 1.10. The number of alkyl halides is 1. The number of hydrogen-bond donors (Lipinski definition) is 0. The molecule has 0 aliphatic rings. The molecule has 0 bridgehead atoms. The molecule has 0 rings (SSSR count). The van der Waals surface area contributed by atoms with Gasteiger partial charge in [0.2, 0.25) is 0 Å². The maximum absolute atomic E-state index is 3.35. The van der Waals surface area contributed by atoms with Gasteiger partial charge >= 0.3 is 0 Å². The zero-order chi connectivity index (χ0) is 4.83. The average Bonchev–Trinajstić information content (AvgIpc) is 1.61. The molecule has 0 aromatic heterocycles. The first-order valence-corrected chi connectivity index (χ1v) is 4.95. The molecule has 0 heterocycles. The summed E-state index contributed by atoms with van der Waals surface area (Å²) in [6.07, 6.45) is 1.34. The van der Waals surface area contributed by atoms with Gasteiger partial charge in [-0.2, -0.15) is 0 Å². The molecule has 0 aliphatic carbocycles. The molecular formula is C4H9BrSi. The fraction of sp³-hybridized carbons (Fsp3) is 1.00. The van der Waals surface area contributed by atoms with E-state index in [1.54, 1.807) is 0 Å². The number of rotatable bonds is 3. The third kappa shape index (κ3) is 4.70. The zero-order valence-corrected chi connectivity index (χ0v) is 6.59. The van der Waals surface area contributed by atoms with Gasteiger partial charge in [0.15, 0.2) is 0 Å².